The van der Waals surface area contributed by atoms with E-state index >= 15 is 0 Å². The molecule has 0 bridgehead atoms. The minimum absolute atomic E-state index is 0.253. The Bertz CT molecular complexity index is 443. The van der Waals surface area contributed by atoms with E-state index in [4.69, 9.17) is 4.52 Å². The van der Waals surface area contributed by atoms with Gasteiger partial charge in [-0.1, -0.05) is 5.16 Å². The van der Waals surface area contributed by atoms with Crippen molar-refractivity contribution in [1.29, 1.82) is 0 Å². The summed E-state index contributed by atoms with van der Waals surface area (Å²) < 4.78 is 5.48. The maximum Gasteiger partial charge on any atom is 0.226 e. The molecule has 0 amide bonds. The first-order valence-electron chi connectivity index (χ1n) is 8.14. The lowest BCUT2D eigenvalue weighted by Gasteiger charge is -2.24. The lowest BCUT2D eigenvalue weighted by atomic mass is 10.0. The molecule has 0 aliphatic carbocycles. The maximum atomic E-state index is 5.48. The van der Waals surface area contributed by atoms with E-state index in [1.54, 1.807) is 0 Å². The van der Waals surface area contributed by atoms with Gasteiger partial charge in [0.1, 0.15) is 0 Å². The first-order chi connectivity index (χ1) is 10.2. The summed E-state index contributed by atoms with van der Waals surface area (Å²) in [6.45, 7) is 5.49. The number of rotatable bonds is 4. The molecule has 0 saturated carbocycles. The lowest BCUT2D eigenvalue weighted by molar-refractivity contribution is 0.214. The van der Waals surface area contributed by atoms with Crippen LogP contribution in [0.4, 0.5) is 0 Å². The highest BCUT2D eigenvalue weighted by atomic mass is 16.5. The minimum Gasteiger partial charge on any atom is -0.339 e. The Morgan fingerprint density at radius 2 is 2.24 bits per heavy atom. The molecule has 2 atom stereocenters. The van der Waals surface area contributed by atoms with Gasteiger partial charge in [0, 0.05) is 13.0 Å². The zero-order valence-corrected chi connectivity index (χ0v) is 13.2. The Balaban J connectivity index is 1.60. The second-order valence-electron chi connectivity index (χ2n) is 6.56. The topological polar surface area (TPSA) is 57.4 Å². The molecule has 2 fully saturated rings. The van der Waals surface area contributed by atoms with Gasteiger partial charge in [0.05, 0.1) is 6.04 Å². The van der Waals surface area contributed by atoms with Crippen LogP contribution in [-0.4, -0.2) is 66.8 Å². The highest BCUT2D eigenvalue weighted by Crippen LogP contribution is 2.22. The third-order valence-electron chi connectivity index (χ3n) is 4.78. The molecule has 3 rings (SSSR count). The van der Waals surface area contributed by atoms with E-state index in [-0.39, 0.29) is 6.04 Å². The summed E-state index contributed by atoms with van der Waals surface area (Å²) in [6.07, 6.45) is 4.53. The van der Waals surface area contributed by atoms with Crippen LogP contribution in [0.3, 0.4) is 0 Å². The summed E-state index contributed by atoms with van der Waals surface area (Å²) in [4.78, 5) is 9.36. The van der Waals surface area contributed by atoms with Crippen molar-refractivity contribution in [2.24, 2.45) is 5.92 Å². The molecule has 0 spiro atoms. The van der Waals surface area contributed by atoms with Gasteiger partial charge in [0.15, 0.2) is 5.82 Å². The van der Waals surface area contributed by atoms with Crippen LogP contribution in [0.25, 0.3) is 0 Å². The van der Waals surface area contributed by atoms with Crippen molar-refractivity contribution in [2.45, 2.75) is 31.7 Å². The molecule has 6 nitrogen and oxygen atoms in total. The van der Waals surface area contributed by atoms with E-state index in [9.17, 15) is 0 Å². The maximum absolute atomic E-state index is 5.48. The van der Waals surface area contributed by atoms with Gasteiger partial charge in [-0.05, 0) is 65.5 Å². The fourth-order valence-electron chi connectivity index (χ4n) is 3.34. The summed E-state index contributed by atoms with van der Waals surface area (Å²) in [7, 11) is 4.32. The van der Waals surface area contributed by atoms with Crippen LogP contribution in [0.5, 0.6) is 0 Å². The van der Waals surface area contributed by atoms with E-state index < -0.39 is 0 Å². The predicted molar refractivity (Wildman–Crippen MR) is 81.1 cm³/mol. The van der Waals surface area contributed by atoms with Crippen LogP contribution in [0.15, 0.2) is 4.52 Å². The van der Waals surface area contributed by atoms with Gasteiger partial charge >= 0.3 is 0 Å². The third-order valence-corrected chi connectivity index (χ3v) is 4.78. The van der Waals surface area contributed by atoms with Crippen LogP contribution in [0, 0.1) is 5.92 Å². The average Bonchev–Trinajstić information content (AvgIpc) is 3.11. The van der Waals surface area contributed by atoms with E-state index in [0.29, 0.717) is 0 Å². The molecular weight excluding hydrogens is 266 g/mol. The van der Waals surface area contributed by atoms with Crippen molar-refractivity contribution in [3.8, 4) is 0 Å². The number of nitrogens with zero attached hydrogens (tertiary/aromatic N) is 4. The molecule has 0 radical (unpaired) electrons. The van der Waals surface area contributed by atoms with Crippen molar-refractivity contribution in [3.05, 3.63) is 11.7 Å². The summed E-state index contributed by atoms with van der Waals surface area (Å²) in [5, 5.41) is 7.65. The zero-order valence-electron chi connectivity index (χ0n) is 13.2. The van der Waals surface area contributed by atoms with Gasteiger partial charge in [-0.15, -0.1) is 0 Å². The normalized spacial score (nSPS) is 28.9. The Labute approximate surface area is 126 Å². The second-order valence-corrected chi connectivity index (χ2v) is 6.56. The van der Waals surface area contributed by atoms with Gasteiger partial charge in [0.25, 0.3) is 0 Å². The van der Waals surface area contributed by atoms with Gasteiger partial charge in [-0.3, -0.25) is 4.90 Å². The van der Waals surface area contributed by atoms with Gasteiger partial charge in [-0.2, -0.15) is 4.98 Å². The summed E-state index contributed by atoms with van der Waals surface area (Å²) >= 11 is 0. The Kier molecular flexibility index (Phi) is 4.87. The molecule has 3 heterocycles. The molecule has 1 aromatic heterocycles. The Hall–Kier alpha value is -0.980. The fraction of sp³-hybridized carbons (Fsp3) is 0.867. The summed E-state index contributed by atoms with van der Waals surface area (Å²) in [5.41, 5.74) is 0. The smallest absolute Gasteiger partial charge is 0.226 e. The number of likely N-dealkylation sites (N-methyl/N-ethyl adjacent to an activating group) is 2. The quantitative estimate of drug-likeness (QED) is 0.891. The molecule has 6 heteroatoms. The van der Waals surface area contributed by atoms with Gasteiger partial charge in [-0.25, -0.2) is 0 Å². The SMILES string of the molecule is CN1CCCN(C)C(c2noc(CCC3CCNC3)n2)C1. The number of hydrogen-bond donors (Lipinski definition) is 1. The highest BCUT2D eigenvalue weighted by Gasteiger charge is 2.26. The predicted octanol–water partition coefficient (Wildman–Crippen LogP) is 0.920. The van der Waals surface area contributed by atoms with Crippen LogP contribution in [0.1, 0.15) is 37.0 Å². The van der Waals surface area contributed by atoms with Gasteiger partial charge < -0.3 is 14.7 Å². The minimum atomic E-state index is 0.253. The third kappa shape index (κ3) is 3.81. The van der Waals surface area contributed by atoms with Crippen LogP contribution in [-0.2, 0) is 6.42 Å². The molecule has 1 aromatic rings. The average molecular weight is 293 g/mol. The summed E-state index contributed by atoms with van der Waals surface area (Å²) in [6, 6.07) is 0.253. The molecule has 0 aromatic carbocycles. The number of hydrogen-bond acceptors (Lipinski definition) is 6. The molecule has 2 saturated heterocycles. The van der Waals surface area contributed by atoms with Crippen molar-refractivity contribution < 1.29 is 4.52 Å². The molecular formula is C15H27N5O. The molecule has 2 unspecified atom stereocenters. The van der Waals surface area contributed by atoms with Crippen LogP contribution < -0.4 is 5.32 Å². The zero-order chi connectivity index (χ0) is 14.7. The Morgan fingerprint density at radius 1 is 1.33 bits per heavy atom. The number of aromatic nitrogens is 2. The fourth-order valence-corrected chi connectivity index (χ4v) is 3.34. The van der Waals surface area contributed by atoms with Crippen LogP contribution >= 0.6 is 0 Å². The largest absolute Gasteiger partial charge is 0.339 e. The molecule has 2 aliphatic rings. The van der Waals surface area contributed by atoms with E-state index in [0.717, 1.165) is 63.2 Å². The highest BCUT2D eigenvalue weighted by molar-refractivity contribution is 4.97. The van der Waals surface area contributed by atoms with E-state index in [1.165, 1.54) is 12.8 Å². The molecule has 1 N–H and O–H groups in total. The molecule has 2 aliphatic heterocycles. The van der Waals surface area contributed by atoms with Crippen LogP contribution in [0.2, 0.25) is 0 Å². The van der Waals surface area contributed by atoms with Crippen molar-refractivity contribution in [1.82, 2.24) is 25.3 Å². The van der Waals surface area contributed by atoms with E-state index in [1.807, 2.05) is 0 Å². The second kappa shape index (κ2) is 6.85. The standard InChI is InChI=1S/C15H27N5O/c1-19-8-3-9-20(2)13(11-19)15-17-14(21-18-15)5-4-12-6-7-16-10-12/h12-13,16H,3-11H2,1-2H3. The van der Waals surface area contributed by atoms with Crippen molar-refractivity contribution >= 4 is 0 Å². The number of aryl methyl sites for hydroxylation is 1. The van der Waals surface area contributed by atoms with Gasteiger partial charge in [0.2, 0.25) is 5.89 Å². The van der Waals surface area contributed by atoms with Crippen molar-refractivity contribution in [2.75, 3.05) is 46.8 Å². The first kappa shape index (κ1) is 14.9. The monoisotopic (exact) mass is 293 g/mol. The molecule has 21 heavy (non-hydrogen) atoms. The summed E-state index contributed by atoms with van der Waals surface area (Å²) in [5.74, 6) is 2.43. The first-order valence-corrected chi connectivity index (χ1v) is 8.14. The molecule has 118 valence electrons. The van der Waals surface area contributed by atoms with Crippen molar-refractivity contribution in [3.63, 3.8) is 0 Å². The Morgan fingerprint density at radius 3 is 3.05 bits per heavy atom. The lowest BCUT2D eigenvalue weighted by Crippen LogP contribution is -2.31. The van der Waals surface area contributed by atoms with E-state index in [2.05, 4.69) is 39.4 Å². The number of nitrogens with one attached hydrogen (secondary N) is 1.